The van der Waals surface area contributed by atoms with Crippen LogP contribution in [-0.4, -0.2) is 28.9 Å². The highest BCUT2D eigenvalue weighted by atomic mass is 16.7. The SMILES string of the molecule is O=C(N/N=C\c1cc2c(cc1[N+](=O)[O-])OCO2)C(O)(c1ccccc1)c1ccccc1. The fourth-order valence-corrected chi connectivity index (χ4v) is 3.24. The summed E-state index contributed by atoms with van der Waals surface area (Å²) in [5, 5.41) is 26.6. The third-order valence-corrected chi connectivity index (χ3v) is 4.80. The van der Waals surface area contributed by atoms with E-state index < -0.39 is 16.4 Å². The van der Waals surface area contributed by atoms with Crippen LogP contribution in [0, 0.1) is 10.1 Å². The largest absolute Gasteiger partial charge is 0.454 e. The Labute approximate surface area is 176 Å². The van der Waals surface area contributed by atoms with E-state index in [1.807, 2.05) is 0 Å². The van der Waals surface area contributed by atoms with Gasteiger partial charge in [-0.25, -0.2) is 5.43 Å². The molecule has 0 spiro atoms. The zero-order valence-corrected chi connectivity index (χ0v) is 16.1. The van der Waals surface area contributed by atoms with Crippen LogP contribution in [-0.2, 0) is 10.4 Å². The Bertz CT molecular complexity index is 1110. The van der Waals surface area contributed by atoms with Crippen molar-refractivity contribution in [1.82, 2.24) is 5.43 Å². The highest BCUT2D eigenvalue weighted by Crippen LogP contribution is 2.37. The smallest absolute Gasteiger partial charge is 0.282 e. The second-order valence-electron chi connectivity index (χ2n) is 6.66. The number of benzene rings is 3. The fourth-order valence-electron chi connectivity index (χ4n) is 3.24. The third kappa shape index (κ3) is 3.81. The fraction of sp³-hybridized carbons (Fsp3) is 0.0909. The monoisotopic (exact) mass is 419 g/mol. The van der Waals surface area contributed by atoms with Crippen molar-refractivity contribution in [3.63, 3.8) is 0 Å². The van der Waals surface area contributed by atoms with Gasteiger partial charge in [-0.05, 0) is 17.2 Å². The van der Waals surface area contributed by atoms with Gasteiger partial charge in [-0.15, -0.1) is 0 Å². The molecule has 9 heteroatoms. The minimum absolute atomic E-state index is 0.0367. The minimum Gasteiger partial charge on any atom is -0.454 e. The number of carbonyl (C=O) groups is 1. The van der Waals surface area contributed by atoms with E-state index in [9.17, 15) is 20.0 Å². The lowest BCUT2D eigenvalue weighted by atomic mass is 9.85. The lowest BCUT2D eigenvalue weighted by molar-refractivity contribution is -0.385. The van der Waals surface area contributed by atoms with Gasteiger partial charge in [0.15, 0.2) is 17.1 Å². The molecule has 0 aliphatic carbocycles. The Morgan fingerprint density at radius 2 is 1.58 bits per heavy atom. The normalized spacial score (nSPS) is 12.7. The summed E-state index contributed by atoms with van der Waals surface area (Å²) in [4.78, 5) is 23.8. The molecule has 1 amide bonds. The van der Waals surface area contributed by atoms with Crippen molar-refractivity contribution in [2.45, 2.75) is 5.60 Å². The Morgan fingerprint density at radius 3 is 2.13 bits per heavy atom. The van der Waals surface area contributed by atoms with Crippen LogP contribution in [0.1, 0.15) is 16.7 Å². The van der Waals surface area contributed by atoms with Gasteiger partial charge >= 0.3 is 0 Å². The van der Waals surface area contributed by atoms with E-state index in [1.165, 1.54) is 12.1 Å². The summed E-state index contributed by atoms with van der Waals surface area (Å²) in [7, 11) is 0. The molecule has 156 valence electrons. The molecule has 3 aromatic rings. The maximum absolute atomic E-state index is 13.0. The number of nitro groups is 1. The maximum Gasteiger partial charge on any atom is 0.282 e. The number of amides is 1. The van der Waals surface area contributed by atoms with E-state index in [0.717, 1.165) is 6.21 Å². The second kappa shape index (κ2) is 8.25. The summed E-state index contributed by atoms with van der Waals surface area (Å²) in [6.45, 7) is -0.0367. The molecule has 0 saturated heterocycles. The molecule has 0 unspecified atom stereocenters. The van der Waals surface area contributed by atoms with Crippen LogP contribution >= 0.6 is 0 Å². The molecule has 4 rings (SSSR count). The minimum atomic E-state index is -2.01. The van der Waals surface area contributed by atoms with Crippen LogP contribution in [0.25, 0.3) is 0 Å². The molecular formula is C22H17N3O6. The molecule has 3 aromatic carbocycles. The number of hydrazone groups is 1. The first-order chi connectivity index (χ1) is 15.0. The molecule has 9 nitrogen and oxygen atoms in total. The predicted molar refractivity (Wildman–Crippen MR) is 111 cm³/mol. The number of nitrogens with zero attached hydrogens (tertiary/aromatic N) is 2. The number of hydrogen-bond acceptors (Lipinski definition) is 7. The molecule has 0 atom stereocenters. The lowest BCUT2D eigenvalue weighted by Gasteiger charge is -2.27. The van der Waals surface area contributed by atoms with E-state index >= 15 is 0 Å². The first-order valence-electron chi connectivity index (χ1n) is 9.25. The Kier molecular flexibility index (Phi) is 5.33. The second-order valence-corrected chi connectivity index (χ2v) is 6.66. The van der Waals surface area contributed by atoms with Crippen LogP contribution in [0.2, 0.25) is 0 Å². The summed E-state index contributed by atoms with van der Waals surface area (Å²) in [6, 6.07) is 19.5. The average molecular weight is 419 g/mol. The van der Waals surface area contributed by atoms with E-state index in [4.69, 9.17) is 9.47 Å². The molecule has 0 aromatic heterocycles. The molecule has 0 fully saturated rings. The Hall–Kier alpha value is -4.24. The summed E-state index contributed by atoms with van der Waals surface area (Å²) >= 11 is 0. The van der Waals surface area contributed by atoms with E-state index in [0.29, 0.717) is 16.9 Å². The van der Waals surface area contributed by atoms with Crippen molar-refractivity contribution in [3.05, 3.63) is 99.6 Å². The zero-order valence-electron chi connectivity index (χ0n) is 16.1. The van der Waals surface area contributed by atoms with Gasteiger partial charge in [0.2, 0.25) is 6.79 Å². The van der Waals surface area contributed by atoms with Crippen molar-refractivity contribution in [1.29, 1.82) is 0 Å². The molecule has 31 heavy (non-hydrogen) atoms. The lowest BCUT2D eigenvalue weighted by Crippen LogP contribution is -2.43. The number of fused-ring (bicyclic) bond motifs is 1. The quantitative estimate of drug-likeness (QED) is 0.360. The molecule has 1 aliphatic heterocycles. The standard InChI is InChI=1S/C22H17N3O6/c26-21(22(27,16-7-3-1-4-8-16)17-9-5-2-6-10-17)24-23-13-15-11-19-20(31-14-30-19)12-18(15)25(28)29/h1-13,27H,14H2,(H,24,26)/b23-13-. The van der Waals surface area contributed by atoms with Gasteiger partial charge in [-0.1, -0.05) is 60.7 Å². The Morgan fingerprint density at radius 1 is 1.03 bits per heavy atom. The van der Waals surface area contributed by atoms with Gasteiger partial charge in [0, 0.05) is 0 Å². The number of ether oxygens (including phenoxy) is 2. The van der Waals surface area contributed by atoms with Crippen LogP contribution in [0.5, 0.6) is 11.5 Å². The molecule has 1 heterocycles. The van der Waals surface area contributed by atoms with E-state index in [-0.39, 0.29) is 23.8 Å². The van der Waals surface area contributed by atoms with Gasteiger partial charge in [-0.2, -0.15) is 5.10 Å². The van der Waals surface area contributed by atoms with Crippen LogP contribution in [0.3, 0.4) is 0 Å². The van der Waals surface area contributed by atoms with E-state index in [1.54, 1.807) is 60.7 Å². The summed E-state index contributed by atoms with van der Waals surface area (Å²) in [6.07, 6.45) is 1.12. The molecule has 0 radical (unpaired) electrons. The molecular weight excluding hydrogens is 402 g/mol. The first-order valence-corrected chi connectivity index (χ1v) is 9.25. The highest BCUT2D eigenvalue weighted by Gasteiger charge is 2.39. The number of carbonyl (C=O) groups excluding carboxylic acids is 1. The molecule has 2 N–H and O–H groups in total. The van der Waals surface area contributed by atoms with Gasteiger partial charge in [0.1, 0.15) is 0 Å². The maximum atomic E-state index is 13.0. The number of nitro benzene ring substituents is 1. The van der Waals surface area contributed by atoms with Crippen LogP contribution in [0.15, 0.2) is 77.9 Å². The highest BCUT2D eigenvalue weighted by molar-refractivity contribution is 5.92. The van der Waals surface area contributed by atoms with Gasteiger partial charge in [-0.3, -0.25) is 14.9 Å². The summed E-state index contributed by atoms with van der Waals surface area (Å²) in [5.41, 5.74) is 0.823. The first kappa shape index (κ1) is 20.0. The van der Waals surface area contributed by atoms with Crippen molar-refractivity contribution in [3.8, 4) is 11.5 Å². The van der Waals surface area contributed by atoms with Crippen LogP contribution < -0.4 is 14.9 Å². The van der Waals surface area contributed by atoms with Gasteiger partial charge in [0.05, 0.1) is 22.8 Å². The Balaban J connectivity index is 1.64. The van der Waals surface area contributed by atoms with Gasteiger partial charge < -0.3 is 14.6 Å². The number of hydrogen-bond donors (Lipinski definition) is 2. The number of aliphatic hydroxyl groups is 1. The van der Waals surface area contributed by atoms with Crippen molar-refractivity contribution in [2.75, 3.05) is 6.79 Å². The van der Waals surface area contributed by atoms with E-state index in [2.05, 4.69) is 10.5 Å². The molecule has 1 aliphatic rings. The van der Waals surface area contributed by atoms with Crippen LogP contribution in [0.4, 0.5) is 5.69 Å². The molecule has 0 bridgehead atoms. The summed E-state index contributed by atoms with van der Waals surface area (Å²) in [5.74, 6) is -0.219. The van der Waals surface area contributed by atoms with Crippen molar-refractivity contribution >= 4 is 17.8 Å². The number of nitrogens with one attached hydrogen (secondary N) is 1. The van der Waals surface area contributed by atoms with Crippen molar-refractivity contribution < 1.29 is 24.3 Å². The van der Waals surface area contributed by atoms with Crippen molar-refractivity contribution in [2.24, 2.45) is 5.10 Å². The predicted octanol–water partition coefficient (Wildman–Crippen LogP) is 2.71. The molecule has 0 saturated carbocycles. The topological polar surface area (TPSA) is 123 Å². The number of rotatable bonds is 6. The average Bonchev–Trinajstić information content (AvgIpc) is 3.26. The zero-order chi connectivity index (χ0) is 21.8. The van der Waals surface area contributed by atoms with Gasteiger partial charge in [0.25, 0.3) is 11.6 Å². The third-order valence-electron chi connectivity index (χ3n) is 4.80. The summed E-state index contributed by atoms with van der Waals surface area (Å²) < 4.78 is 10.4.